The Morgan fingerprint density at radius 3 is 2.61 bits per heavy atom. The third-order valence-electron chi connectivity index (χ3n) is 4.23. The van der Waals surface area contributed by atoms with Crippen LogP contribution in [0.4, 0.5) is 0 Å². The summed E-state index contributed by atoms with van der Waals surface area (Å²) in [5.41, 5.74) is -0.00879. The average Bonchev–Trinajstić information content (AvgIpc) is 2.57. The first-order chi connectivity index (χ1) is 8.27. The molecule has 1 heterocycles. The van der Waals surface area contributed by atoms with Gasteiger partial charge in [0.05, 0.1) is 16.9 Å². The zero-order valence-corrected chi connectivity index (χ0v) is 12.5. The highest BCUT2D eigenvalue weighted by atomic mass is 35.5. The van der Waals surface area contributed by atoms with Crippen LogP contribution >= 0.6 is 11.6 Å². The van der Waals surface area contributed by atoms with Gasteiger partial charge in [0.1, 0.15) is 5.60 Å². The minimum absolute atomic E-state index is 0.0583. The van der Waals surface area contributed by atoms with Crippen LogP contribution in [-0.4, -0.2) is 14.9 Å². The van der Waals surface area contributed by atoms with Crippen molar-refractivity contribution in [2.75, 3.05) is 0 Å². The molecule has 1 fully saturated rings. The molecule has 1 saturated carbocycles. The predicted molar refractivity (Wildman–Crippen MR) is 73.5 cm³/mol. The summed E-state index contributed by atoms with van der Waals surface area (Å²) >= 11 is 6.24. The summed E-state index contributed by atoms with van der Waals surface area (Å²) in [4.78, 5) is 0. The molecule has 0 spiro atoms. The van der Waals surface area contributed by atoms with E-state index in [1.165, 1.54) is 6.42 Å². The summed E-state index contributed by atoms with van der Waals surface area (Å²) in [6.07, 6.45) is 5.67. The largest absolute Gasteiger partial charge is 0.383 e. The molecule has 2 unspecified atom stereocenters. The summed E-state index contributed by atoms with van der Waals surface area (Å²) in [7, 11) is 1.85. The van der Waals surface area contributed by atoms with Gasteiger partial charge in [0.15, 0.2) is 0 Å². The van der Waals surface area contributed by atoms with Gasteiger partial charge in [0.25, 0.3) is 0 Å². The molecule has 1 aromatic heterocycles. The molecule has 102 valence electrons. The number of nitrogens with zero attached hydrogens (tertiary/aromatic N) is 2. The van der Waals surface area contributed by atoms with Gasteiger partial charge in [-0.25, -0.2) is 0 Å². The van der Waals surface area contributed by atoms with Crippen LogP contribution in [0, 0.1) is 11.3 Å². The Hall–Kier alpha value is -0.540. The number of halogens is 1. The van der Waals surface area contributed by atoms with Gasteiger partial charge in [0.2, 0.25) is 0 Å². The summed E-state index contributed by atoms with van der Waals surface area (Å²) in [5.74, 6) is 0.214. The van der Waals surface area contributed by atoms with Crippen LogP contribution in [0.2, 0.25) is 5.02 Å². The van der Waals surface area contributed by atoms with Crippen LogP contribution in [0.5, 0.6) is 0 Å². The Balaban J connectivity index is 2.49. The summed E-state index contributed by atoms with van der Waals surface area (Å²) in [6.45, 7) is 6.58. The second kappa shape index (κ2) is 4.53. The number of hydrogen-bond donors (Lipinski definition) is 1. The molecule has 0 radical (unpaired) electrons. The maximum atomic E-state index is 11.2. The molecule has 2 rings (SSSR count). The fraction of sp³-hybridized carbons (Fsp3) is 0.786. The van der Waals surface area contributed by atoms with Crippen molar-refractivity contribution in [2.45, 2.75) is 52.1 Å². The summed E-state index contributed by atoms with van der Waals surface area (Å²) < 4.78 is 1.73. The molecule has 18 heavy (non-hydrogen) atoms. The third-order valence-corrected chi connectivity index (χ3v) is 4.50. The van der Waals surface area contributed by atoms with E-state index in [9.17, 15) is 5.11 Å². The standard InChI is InChI=1S/C14H23ClN2O/c1-13(2,3)11-7-5-6-8-14(11,18)12-10(15)9-16-17(12)4/h9,11,18H,5-8H2,1-4H3. The molecule has 1 aromatic rings. The summed E-state index contributed by atoms with van der Waals surface area (Å²) in [5, 5.41) is 16.0. The minimum atomic E-state index is -0.848. The van der Waals surface area contributed by atoms with E-state index in [-0.39, 0.29) is 11.3 Å². The Bertz CT molecular complexity index is 416. The Kier molecular flexibility index (Phi) is 3.50. The smallest absolute Gasteiger partial charge is 0.111 e. The van der Waals surface area contributed by atoms with Crippen molar-refractivity contribution in [3.05, 3.63) is 16.9 Å². The van der Waals surface area contributed by atoms with Gasteiger partial charge in [-0.15, -0.1) is 0 Å². The molecule has 1 aliphatic carbocycles. The number of aromatic nitrogens is 2. The van der Waals surface area contributed by atoms with E-state index in [0.29, 0.717) is 5.02 Å². The number of hydrogen-bond acceptors (Lipinski definition) is 2. The van der Waals surface area contributed by atoms with Gasteiger partial charge < -0.3 is 5.11 Å². The molecular formula is C14H23ClN2O. The molecule has 0 saturated heterocycles. The van der Waals surface area contributed by atoms with Gasteiger partial charge in [0, 0.05) is 7.05 Å². The van der Waals surface area contributed by atoms with E-state index >= 15 is 0 Å². The van der Waals surface area contributed by atoms with Crippen LogP contribution in [0.3, 0.4) is 0 Å². The van der Waals surface area contributed by atoms with E-state index < -0.39 is 5.60 Å². The number of aryl methyl sites for hydroxylation is 1. The first-order valence-corrected chi connectivity index (χ1v) is 7.05. The Labute approximate surface area is 114 Å². The average molecular weight is 271 g/mol. The first kappa shape index (κ1) is 13.9. The van der Waals surface area contributed by atoms with Gasteiger partial charge in [-0.1, -0.05) is 45.2 Å². The lowest BCUT2D eigenvalue weighted by atomic mass is 9.62. The third kappa shape index (κ3) is 2.19. The van der Waals surface area contributed by atoms with Crippen LogP contribution < -0.4 is 0 Å². The zero-order valence-electron chi connectivity index (χ0n) is 11.7. The molecule has 1 N–H and O–H groups in total. The van der Waals surface area contributed by atoms with E-state index in [0.717, 1.165) is 25.0 Å². The molecule has 0 aromatic carbocycles. The normalized spacial score (nSPS) is 29.6. The SMILES string of the molecule is Cn1ncc(Cl)c1C1(O)CCCCC1C(C)(C)C. The topological polar surface area (TPSA) is 38.0 Å². The highest BCUT2D eigenvalue weighted by Crippen LogP contribution is 2.50. The molecule has 1 aliphatic rings. The number of aliphatic hydroxyl groups is 1. The quantitative estimate of drug-likeness (QED) is 0.848. The zero-order chi connectivity index (χ0) is 13.6. The van der Waals surface area contributed by atoms with E-state index in [1.54, 1.807) is 10.9 Å². The lowest BCUT2D eigenvalue weighted by molar-refractivity contribution is -0.101. The van der Waals surface area contributed by atoms with E-state index in [4.69, 9.17) is 11.6 Å². The van der Waals surface area contributed by atoms with Crippen LogP contribution in [-0.2, 0) is 12.6 Å². The monoisotopic (exact) mass is 270 g/mol. The second-order valence-corrected chi connectivity index (χ2v) is 6.96. The van der Waals surface area contributed by atoms with Crippen molar-refractivity contribution >= 4 is 11.6 Å². The van der Waals surface area contributed by atoms with Gasteiger partial charge in [-0.05, 0) is 24.2 Å². The summed E-state index contributed by atoms with van der Waals surface area (Å²) in [6, 6.07) is 0. The van der Waals surface area contributed by atoms with Crippen molar-refractivity contribution in [1.82, 2.24) is 9.78 Å². The number of rotatable bonds is 1. The molecule has 2 atom stereocenters. The van der Waals surface area contributed by atoms with Crippen molar-refractivity contribution < 1.29 is 5.11 Å². The van der Waals surface area contributed by atoms with Gasteiger partial charge in [-0.2, -0.15) is 5.10 Å². The molecule has 4 heteroatoms. The lowest BCUT2D eigenvalue weighted by Crippen LogP contribution is -2.45. The fourth-order valence-electron chi connectivity index (χ4n) is 3.49. The highest BCUT2D eigenvalue weighted by molar-refractivity contribution is 6.31. The van der Waals surface area contributed by atoms with Crippen LogP contribution in [0.15, 0.2) is 6.20 Å². The fourth-order valence-corrected chi connectivity index (χ4v) is 3.82. The van der Waals surface area contributed by atoms with E-state index in [1.807, 2.05) is 7.05 Å². The second-order valence-electron chi connectivity index (χ2n) is 6.55. The molecule has 0 bridgehead atoms. The van der Waals surface area contributed by atoms with Crippen molar-refractivity contribution in [3.8, 4) is 0 Å². The van der Waals surface area contributed by atoms with Gasteiger partial charge in [-0.3, -0.25) is 4.68 Å². The lowest BCUT2D eigenvalue weighted by Gasteiger charge is -2.46. The Morgan fingerprint density at radius 2 is 2.11 bits per heavy atom. The van der Waals surface area contributed by atoms with Crippen molar-refractivity contribution in [3.63, 3.8) is 0 Å². The Morgan fingerprint density at radius 1 is 1.44 bits per heavy atom. The maximum absolute atomic E-state index is 11.2. The highest BCUT2D eigenvalue weighted by Gasteiger charge is 2.48. The minimum Gasteiger partial charge on any atom is -0.383 e. The van der Waals surface area contributed by atoms with E-state index in [2.05, 4.69) is 25.9 Å². The predicted octanol–water partition coefficient (Wildman–Crippen LogP) is 3.50. The van der Waals surface area contributed by atoms with Crippen molar-refractivity contribution in [2.24, 2.45) is 18.4 Å². The first-order valence-electron chi connectivity index (χ1n) is 6.67. The molecule has 3 nitrogen and oxygen atoms in total. The van der Waals surface area contributed by atoms with Crippen molar-refractivity contribution in [1.29, 1.82) is 0 Å². The van der Waals surface area contributed by atoms with Crippen LogP contribution in [0.25, 0.3) is 0 Å². The maximum Gasteiger partial charge on any atom is 0.111 e. The molecular weight excluding hydrogens is 248 g/mol. The molecule has 0 amide bonds. The van der Waals surface area contributed by atoms with Crippen LogP contribution in [0.1, 0.15) is 52.1 Å². The molecule has 0 aliphatic heterocycles. The van der Waals surface area contributed by atoms with Gasteiger partial charge >= 0.3 is 0 Å².